The third-order valence-corrected chi connectivity index (χ3v) is 13.9. The van der Waals surface area contributed by atoms with E-state index in [1.54, 1.807) is 0 Å². The van der Waals surface area contributed by atoms with Gasteiger partial charge < -0.3 is 14.2 Å². The number of rotatable bonds is 57. The maximum absolute atomic E-state index is 12.9. The van der Waals surface area contributed by atoms with Crippen LogP contribution < -0.4 is 0 Å². The highest BCUT2D eigenvalue weighted by molar-refractivity contribution is 5.71. The Kier molecular flexibility index (Phi) is 57.2. The summed E-state index contributed by atoms with van der Waals surface area (Å²) >= 11 is 0. The molecule has 0 aromatic carbocycles. The van der Waals surface area contributed by atoms with Gasteiger partial charge in [0, 0.05) is 19.3 Å². The monoisotopic (exact) mass is 983 g/mol. The molecule has 1 unspecified atom stereocenters. The fourth-order valence-corrected chi connectivity index (χ4v) is 9.28. The smallest absolute Gasteiger partial charge is 0.306 e. The first-order valence-electron chi connectivity index (χ1n) is 31.0. The minimum atomic E-state index is -0.774. The largest absolute Gasteiger partial charge is 0.462 e. The number of hydrogen-bond acceptors (Lipinski definition) is 6. The summed E-state index contributed by atoms with van der Waals surface area (Å²) in [5, 5.41) is 0. The van der Waals surface area contributed by atoms with Gasteiger partial charge in [0.15, 0.2) is 6.10 Å². The maximum Gasteiger partial charge on any atom is 0.306 e. The second-order valence-electron chi connectivity index (χ2n) is 21.0. The van der Waals surface area contributed by atoms with Crippen LogP contribution in [-0.2, 0) is 28.6 Å². The van der Waals surface area contributed by atoms with Crippen molar-refractivity contribution in [3.05, 3.63) is 36.5 Å². The van der Waals surface area contributed by atoms with E-state index in [1.807, 2.05) is 0 Å². The van der Waals surface area contributed by atoms with E-state index in [4.69, 9.17) is 14.2 Å². The molecule has 6 nitrogen and oxygen atoms in total. The number of unbranched alkanes of at least 4 members (excludes halogenated alkanes) is 40. The van der Waals surface area contributed by atoms with Crippen molar-refractivity contribution in [2.45, 2.75) is 341 Å². The topological polar surface area (TPSA) is 78.9 Å². The van der Waals surface area contributed by atoms with Crippen LogP contribution in [0.3, 0.4) is 0 Å². The lowest BCUT2D eigenvalue weighted by Crippen LogP contribution is -2.30. The zero-order chi connectivity index (χ0) is 50.7. The van der Waals surface area contributed by atoms with Gasteiger partial charge in [-0.1, -0.05) is 301 Å². The molecule has 0 N–H and O–H groups in total. The van der Waals surface area contributed by atoms with Gasteiger partial charge in [0.05, 0.1) is 0 Å². The van der Waals surface area contributed by atoms with Gasteiger partial charge in [-0.25, -0.2) is 0 Å². The summed E-state index contributed by atoms with van der Waals surface area (Å²) in [5.41, 5.74) is 0. The highest BCUT2D eigenvalue weighted by Gasteiger charge is 2.19. The Bertz CT molecular complexity index is 1170. The zero-order valence-corrected chi connectivity index (χ0v) is 47.1. The van der Waals surface area contributed by atoms with Crippen LogP contribution >= 0.6 is 0 Å². The molecule has 0 aliphatic heterocycles. The fourth-order valence-electron chi connectivity index (χ4n) is 9.28. The number of carbonyl (C=O) groups excluding carboxylic acids is 3. The lowest BCUT2D eigenvalue weighted by molar-refractivity contribution is -0.167. The molecule has 0 bridgehead atoms. The summed E-state index contributed by atoms with van der Waals surface area (Å²) in [7, 11) is 0. The first-order valence-corrected chi connectivity index (χ1v) is 31.0. The average molecular weight is 984 g/mol. The number of esters is 3. The molecule has 0 spiro atoms. The number of ether oxygens (including phenoxy) is 3. The van der Waals surface area contributed by atoms with E-state index >= 15 is 0 Å². The van der Waals surface area contributed by atoms with Gasteiger partial charge in [-0.3, -0.25) is 14.4 Å². The molecule has 0 heterocycles. The molecule has 0 aliphatic carbocycles. The molecule has 0 saturated carbocycles. The molecule has 6 heteroatoms. The van der Waals surface area contributed by atoms with Gasteiger partial charge in [0.2, 0.25) is 0 Å². The average Bonchev–Trinajstić information content (AvgIpc) is 3.36. The van der Waals surface area contributed by atoms with E-state index in [0.29, 0.717) is 19.3 Å². The van der Waals surface area contributed by atoms with Crippen LogP contribution in [0.1, 0.15) is 335 Å². The first-order chi connectivity index (χ1) is 34.5. The van der Waals surface area contributed by atoms with E-state index in [-0.39, 0.29) is 31.1 Å². The molecular formula is C64H118O6. The molecule has 1 atom stereocenters. The van der Waals surface area contributed by atoms with E-state index in [2.05, 4.69) is 57.2 Å². The number of carbonyl (C=O) groups is 3. The molecule has 0 fully saturated rings. The van der Waals surface area contributed by atoms with Crippen molar-refractivity contribution in [3.63, 3.8) is 0 Å². The van der Waals surface area contributed by atoms with Crippen LogP contribution in [0.5, 0.6) is 0 Å². The number of allylic oxidation sites excluding steroid dienone is 6. The summed E-state index contributed by atoms with van der Waals surface area (Å²) in [5.74, 6) is -0.856. The van der Waals surface area contributed by atoms with Gasteiger partial charge in [-0.05, 0) is 51.4 Å². The Morgan fingerprint density at radius 1 is 0.300 bits per heavy atom. The molecule has 410 valence electrons. The van der Waals surface area contributed by atoms with Crippen LogP contribution in [-0.4, -0.2) is 37.2 Å². The standard InChI is InChI=1S/C64H118O6/c1-4-7-10-13-16-19-22-25-28-31-32-34-36-39-42-45-48-51-54-57-63(66)69-60-61(59-68-62(65)56-53-50-47-44-41-38-35-30-27-24-21-18-15-12-9-6-3)70-64(67)58-55-52-49-46-43-40-37-33-29-26-23-20-17-14-11-8-5-2/h8,11,17,20,26,29,61H,4-7,9-10,12-16,18-19,21-25,27-28,30-60H2,1-3H3/b11-8-,20-17-,29-26-. The van der Waals surface area contributed by atoms with Gasteiger partial charge in [0.25, 0.3) is 0 Å². The van der Waals surface area contributed by atoms with Crippen LogP contribution in [0.15, 0.2) is 36.5 Å². The summed E-state index contributed by atoms with van der Waals surface area (Å²) in [6.45, 7) is 6.59. The van der Waals surface area contributed by atoms with Crippen molar-refractivity contribution >= 4 is 17.9 Å². The molecule has 0 rings (SSSR count). The van der Waals surface area contributed by atoms with Gasteiger partial charge >= 0.3 is 17.9 Å². The van der Waals surface area contributed by atoms with Crippen molar-refractivity contribution in [1.29, 1.82) is 0 Å². The minimum absolute atomic E-state index is 0.0709. The normalized spacial score (nSPS) is 12.2. The minimum Gasteiger partial charge on any atom is -0.462 e. The van der Waals surface area contributed by atoms with Crippen molar-refractivity contribution in [2.24, 2.45) is 0 Å². The second kappa shape index (κ2) is 59.2. The second-order valence-corrected chi connectivity index (χ2v) is 21.0. The predicted molar refractivity (Wildman–Crippen MR) is 302 cm³/mol. The molecular weight excluding hydrogens is 865 g/mol. The number of hydrogen-bond donors (Lipinski definition) is 0. The van der Waals surface area contributed by atoms with Crippen molar-refractivity contribution in [3.8, 4) is 0 Å². The van der Waals surface area contributed by atoms with E-state index < -0.39 is 6.10 Å². The van der Waals surface area contributed by atoms with Gasteiger partial charge in [-0.2, -0.15) is 0 Å². The van der Waals surface area contributed by atoms with Gasteiger partial charge in [0.1, 0.15) is 13.2 Å². The quantitative estimate of drug-likeness (QED) is 0.0261. The SMILES string of the molecule is CC/C=C\C/C=C\C/C=C\CCCCCCCCCC(=O)OC(COC(=O)CCCCCCCCCCCCCCCCCC)COC(=O)CCCCCCCCCCCCCCCCCCCCC. The molecule has 0 amide bonds. The van der Waals surface area contributed by atoms with E-state index in [9.17, 15) is 14.4 Å². The molecule has 70 heavy (non-hydrogen) atoms. The van der Waals surface area contributed by atoms with Crippen LogP contribution in [0.2, 0.25) is 0 Å². The third-order valence-electron chi connectivity index (χ3n) is 13.9. The molecule has 0 aromatic rings. The van der Waals surface area contributed by atoms with Crippen LogP contribution in [0.25, 0.3) is 0 Å². The van der Waals surface area contributed by atoms with E-state index in [1.165, 1.54) is 212 Å². The van der Waals surface area contributed by atoms with Crippen LogP contribution in [0.4, 0.5) is 0 Å². The lowest BCUT2D eigenvalue weighted by Gasteiger charge is -2.18. The molecule has 0 aromatic heterocycles. The molecule has 0 saturated heterocycles. The fraction of sp³-hybridized carbons (Fsp3) is 0.859. The summed E-state index contributed by atoms with van der Waals surface area (Å²) < 4.78 is 16.9. The van der Waals surface area contributed by atoms with Crippen molar-refractivity contribution in [1.82, 2.24) is 0 Å². The van der Waals surface area contributed by atoms with E-state index in [0.717, 1.165) is 83.5 Å². The summed E-state index contributed by atoms with van der Waals surface area (Å²) in [6, 6.07) is 0. The third kappa shape index (κ3) is 56.5. The molecule has 0 aliphatic rings. The maximum atomic E-state index is 12.9. The Hall–Kier alpha value is -2.37. The summed E-state index contributed by atoms with van der Waals surface area (Å²) in [6.07, 6.45) is 71.4. The Morgan fingerprint density at radius 3 is 0.871 bits per heavy atom. The predicted octanol–water partition coefficient (Wildman–Crippen LogP) is 20.8. The first kappa shape index (κ1) is 67.6. The zero-order valence-electron chi connectivity index (χ0n) is 47.1. The Morgan fingerprint density at radius 2 is 0.557 bits per heavy atom. The van der Waals surface area contributed by atoms with Crippen LogP contribution in [0, 0.1) is 0 Å². The Balaban J connectivity index is 4.32. The highest BCUT2D eigenvalue weighted by atomic mass is 16.6. The summed E-state index contributed by atoms with van der Waals surface area (Å²) in [4.78, 5) is 38.3. The highest BCUT2D eigenvalue weighted by Crippen LogP contribution is 2.18. The molecule has 0 radical (unpaired) electrons. The Labute approximate surface area is 435 Å². The lowest BCUT2D eigenvalue weighted by atomic mass is 10.0. The van der Waals surface area contributed by atoms with Gasteiger partial charge in [-0.15, -0.1) is 0 Å². The van der Waals surface area contributed by atoms with Crippen molar-refractivity contribution < 1.29 is 28.6 Å². The van der Waals surface area contributed by atoms with Crippen molar-refractivity contribution in [2.75, 3.05) is 13.2 Å².